The fourth-order valence-corrected chi connectivity index (χ4v) is 4.55. The molecule has 11 nitrogen and oxygen atoms in total. The second-order valence-corrected chi connectivity index (χ2v) is 9.22. The number of hydrogen-bond donors (Lipinski definition) is 4. The summed E-state index contributed by atoms with van der Waals surface area (Å²) in [6.45, 7) is 2.44. The van der Waals surface area contributed by atoms with Crippen LogP contribution in [0.15, 0.2) is 66.1 Å². The molecule has 0 aliphatic carbocycles. The van der Waals surface area contributed by atoms with Crippen LogP contribution in [0.1, 0.15) is 27.0 Å². The molecule has 4 heterocycles. The summed E-state index contributed by atoms with van der Waals surface area (Å²) in [5.41, 5.74) is 9.34. The molecule has 188 valence electrons. The number of nitrogens with two attached hydrogens (primary N) is 1. The molecule has 1 unspecified atom stereocenters. The maximum Gasteiger partial charge on any atom is 0.258 e. The molecule has 0 spiro atoms. The number of nitrogens with one attached hydrogen (secondary N) is 3. The van der Waals surface area contributed by atoms with E-state index >= 15 is 0 Å². The zero-order valence-corrected chi connectivity index (χ0v) is 20.9. The first-order chi connectivity index (χ1) is 17.9. The van der Waals surface area contributed by atoms with Gasteiger partial charge in [0.25, 0.3) is 11.8 Å². The van der Waals surface area contributed by atoms with Gasteiger partial charge in [0.15, 0.2) is 11.5 Å². The summed E-state index contributed by atoms with van der Waals surface area (Å²) in [6.07, 6.45) is 8.99. The Morgan fingerprint density at radius 1 is 1.27 bits per heavy atom. The number of amides is 2. The highest BCUT2D eigenvalue weighted by Gasteiger charge is 2.17. The number of aromatic nitrogens is 4. The van der Waals surface area contributed by atoms with E-state index in [1.54, 1.807) is 35.0 Å². The van der Waals surface area contributed by atoms with E-state index in [1.807, 2.05) is 30.7 Å². The maximum absolute atomic E-state index is 12.8. The molecule has 4 aromatic rings. The Hall–Kier alpha value is -4.71. The van der Waals surface area contributed by atoms with Crippen molar-refractivity contribution in [1.29, 1.82) is 0 Å². The second-order valence-electron chi connectivity index (χ2n) is 8.31. The fraction of sp³-hybridized carbons (Fsp3) is 0.160. The first-order valence-corrected chi connectivity index (χ1v) is 12.2. The lowest BCUT2D eigenvalue weighted by Gasteiger charge is -2.16. The van der Waals surface area contributed by atoms with Crippen molar-refractivity contribution in [3.05, 3.63) is 76.5 Å². The highest BCUT2D eigenvalue weighted by molar-refractivity contribution is 7.12. The number of fused-ring (bicyclic) bond motifs is 1. The van der Waals surface area contributed by atoms with E-state index < -0.39 is 5.91 Å². The predicted molar refractivity (Wildman–Crippen MR) is 141 cm³/mol. The fourth-order valence-electron chi connectivity index (χ4n) is 3.79. The van der Waals surface area contributed by atoms with Crippen LogP contribution in [0.5, 0.6) is 5.75 Å². The zero-order chi connectivity index (χ0) is 25.9. The van der Waals surface area contributed by atoms with Crippen molar-refractivity contribution in [2.24, 2.45) is 5.73 Å². The van der Waals surface area contributed by atoms with Gasteiger partial charge in [-0.1, -0.05) is 12.2 Å². The third-order valence-corrected chi connectivity index (χ3v) is 6.68. The van der Waals surface area contributed by atoms with Crippen LogP contribution in [0.2, 0.25) is 0 Å². The Kier molecular flexibility index (Phi) is 6.56. The average molecular weight is 517 g/mol. The lowest BCUT2D eigenvalue weighted by atomic mass is 10.1. The number of dihydropyridines is 1. The Morgan fingerprint density at radius 2 is 2.14 bits per heavy atom. The van der Waals surface area contributed by atoms with Gasteiger partial charge in [0, 0.05) is 41.5 Å². The van der Waals surface area contributed by atoms with E-state index in [-0.39, 0.29) is 11.9 Å². The molecule has 0 fully saturated rings. The monoisotopic (exact) mass is 516 g/mol. The van der Waals surface area contributed by atoms with Gasteiger partial charge in [-0.2, -0.15) is 5.10 Å². The predicted octanol–water partition coefficient (Wildman–Crippen LogP) is 2.87. The number of nitrogens with zero attached hydrogens (tertiary/aromatic N) is 4. The third kappa shape index (κ3) is 5.00. The number of hydrogen-bond acceptors (Lipinski definition) is 9. The van der Waals surface area contributed by atoms with Crippen LogP contribution < -0.4 is 26.4 Å². The van der Waals surface area contributed by atoms with Crippen LogP contribution in [0, 0.1) is 0 Å². The van der Waals surface area contributed by atoms with E-state index in [1.165, 1.54) is 24.8 Å². The molecule has 2 amide bonds. The number of carbonyl (C=O) groups is 2. The Labute approximate surface area is 216 Å². The SMILES string of the molecule is COc1cc(Nc2ncc(-c3csc(C(N)=O)c3)n3ncnc23)ccc1C(=O)NCC1=CNC(C)C=C1. The number of ether oxygens (including phenoxy) is 1. The number of methoxy groups -OCH3 is 1. The van der Waals surface area contributed by atoms with E-state index in [2.05, 4.69) is 31.0 Å². The lowest BCUT2D eigenvalue weighted by Crippen LogP contribution is -2.28. The zero-order valence-electron chi connectivity index (χ0n) is 20.1. The molecule has 37 heavy (non-hydrogen) atoms. The second kappa shape index (κ2) is 10.1. The normalized spacial score (nSPS) is 14.6. The highest BCUT2D eigenvalue weighted by Crippen LogP contribution is 2.29. The summed E-state index contributed by atoms with van der Waals surface area (Å²) in [7, 11) is 1.51. The van der Waals surface area contributed by atoms with Gasteiger partial charge in [-0.3, -0.25) is 9.59 Å². The van der Waals surface area contributed by atoms with Crippen LogP contribution >= 0.6 is 11.3 Å². The number of carbonyl (C=O) groups excluding carboxylic acids is 2. The van der Waals surface area contributed by atoms with E-state index in [0.717, 1.165) is 11.1 Å². The van der Waals surface area contributed by atoms with Gasteiger partial charge >= 0.3 is 0 Å². The minimum absolute atomic E-state index is 0.246. The van der Waals surface area contributed by atoms with Gasteiger partial charge in [0.05, 0.1) is 29.4 Å². The molecular weight excluding hydrogens is 492 g/mol. The maximum atomic E-state index is 12.8. The quantitative estimate of drug-likeness (QED) is 0.279. The van der Waals surface area contributed by atoms with Crippen molar-refractivity contribution in [2.75, 3.05) is 19.0 Å². The number of rotatable bonds is 8. The molecule has 3 aromatic heterocycles. The summed E-state index contributed by atoms with van der Waals surface area (Å²) in [5.74, 6) is 0.139. The molecule has 0 saturated heterocycles. The first-order valence-electron chi connectivity index (χ1n) is 11.4. The summed E-state index contributed by atoms with van der Waals surface area (Å²) in [5, 5.41) is 15.5. The van der Waals surface area contributed by atoms with E-state index in [9.17, 15) is 9.59 Å². The van der Waals surface area contributed by atoms with Crippen molar-refractivity contribution in [3.63, 3.8) is 0 Å². The van der Waals surface area contributed by atoms with Crippen molar-refractivity contribution in [1.82, 2.24) is 30.2 Å². The van der Waals surface area contributed by atoms with Gasteiger partial charge in [0.2, 0.25) is 0 Å². The number of primary amides is 1. The molecule has 0 saturated carbocycles. The molecular formula is C25H24N8O3S. The summed E-state index contributed by atoms with van der Waals surface area (Å²) in [6, 6.07) is 7.15. The smallest absolute Gasteiger partial charge is 0.258 e. The lowest BCUT2D eigenvalue weighted by molar-refractivity contribution is 0.0953. The largest absolute Gasteiger partial charge is 0.496 e. The van der Waals surface area contributed by atoms with Gasteiger partial charge in [-0.15, -0.1) is 11.3 Å². The molecule has 5 rings (SSSR count). The van der Waals surface area contributed by atoms with Crippen LogP contribution in [-0.4, -0.2) is 51.1 Å². The number of thiophene rings is 1. The van der Waals surface area contributed by atoms with Crippen molar-refractivity contribution in [2.45, 2.75) is 13.0 Å². The average Bonchev–Trinajstić information content (AvgIpc) is 3.59. The van der Waals surface area contributed by atoms with E-state index in [0.29, 0.717) is 45.6 Å². The molecule has 1 aliphatic rings. The minimum atomic E-state index is -0.488. The molecule has 0 radical (unpaired) electrons. The minimum Gasteiger partial charge on any atom is -0.496 e. The first kappa shape index (κ1) is 24.0. The van der Waals surface area contributed by atoms with Crippen molar-refractivity contribution >= 4 is 40.3 Å². The van der Waals surface area contributed by atoms with Crippen molar-refractivity contribution < 1.29 is 14.3 Å². The highest BCUT2D eigenvalue weighted by atomic mass is 32.1. The number of benzene rings is 1. The Morgan fingerprint density at radius 3 is 2.86 bits per heavy atom. The molecule has 1 aliphatic heterocycles. The van der Waals surface area contributed by atoms with E-state index in [4.69, 9.17) is 10.5 Å². The van der Waals surface area contributed by atoms with Crippen LogP contribution in [-0.2, 0) is 0 Å². The summed E-state index contributed by atoms with van der Waals surface area (Å²) < 4.78 is 7.12. The third-order valence-electron chi connectivity index (χ3n) is 5.73. The molecule has 1 aromatic carbocycles. The Bertz CT molecular complexity index is 1550. The summed E-state index contributed by atoms with van der Waals surface area (Å²) >= 11 is 1.25. The standard InChI is InChI=1S/C25H24N8O3S/c1-14-3-4-15(9-27-14)10-29-25(35)18-6-5-17(8-20(18)36-2)32-23-24-30-13-31-33(24)19(11-28-23)16-7-21(22(26)34)37-12-16/h3-9,11-14,27H,10H2,1-2H3,(H2,26,34)(H,28,32)(H,29,35). The van der Waals surface area contributed by atoms with Crippen LogP contribution in [0.3, 0.4) is 0 Å². The molecule has 12 heteroatoms. The molecule has 1 atom stereocenters. The van der Waals surface area contributed by atoms with Gasteiger partial charge in [-0.05, 0) is 30.7 Å². The molecule has 5 N–H and O–H groups in total. The Balaban J connectivity index is 1.35. The molecule has 0 bridgehead atoms. The summed E-state index contributed by atoms with van der Waals surface area (Å²) in [4.78, 5) is 33.6. The van der Waals surface area contributed by atoms with Crippen molar-refractivity contribution in [3.8, 4) is 17.0 Å². The van der Waals surface area contributed by atoms with Gasteiger partial charge < -0.3 is 26.4 Å². The van der Waals surface area contributed by atoms with Gasteiger partial charge in [0.1, 0.15) is 12.1 Å². The van der Waals surface area contributed by atoms with Crippen LogP contribution in [0.25, 0.3) is 16.9 Å². The van der Waals surface area contributed by atoms with Crippen LogP contribution in [0.4, 0.5) is 11.5 Å². The van der Waals surface area contributed by atoms with Gasteiger partial charge in [-0.25, -0.2) is 14.5 Å². The number of anilines is 2. The topological polar surface area (TPSA) is 149 Å².